The third-order valence-corrected chi connectivity index (χ3v) is 5.67. The molecule has 114 valence electrons. The molecule has 2 aliphatic heterocycles. The van der Waals surface area contributed by atoms with Crippen molar-refractivity contribution in [1.29, 1.82) is 0 Å². The van der Waals surface area contributed by atoms with Gasteiger partial charge in [-0.1, -0.05) is 6.92 Å². The molecular weight excluding hydrogens is 288 g/mol. The standard InChI is InChI=1S/C15H20N2O3S/c1-2-9-5-6-21-13(9)8-16-15(20)17-10-3-4-12(17)11(7-10)14(18)19/h5-6,10-12H,2-4,7-8H2,1H3,(H,16,20)(H,18,19). The smallest absolute Gasteiger partial charge is 0.318 e. The maximum absolute atomic E-state index is 12.4. The highest BCUT2D eigenvalue weighted by Gasteiger charge is 2.51. The summed E-state index contributed by atoms with van der Waals surface area (Å²) in [4.78, 5) is 26.6. The molecule has 3 rings (SSSR count). The summed E-state index contributed by atoms with van der Waals surface area (Å²) >= 11 is 1.65. The van der Waals surface area contributed by atoms with Gasteiger partial charge in [-0.3, -0.25) is 4.79 Å². The molecule has 6 heteroatoms. The average molecular weight is 308 g/mol. The molecule has 5 nitrogen and oxygen atoms in total. The molecule has 2 bridgehead atoms. The summed E-state index contributed by atoms with van der Waals surface area (Å²) in [6.45, 7) is 2.64. The maximum Gasteiger partial charge on any atom is 0.318 e. The second kappa shape index (κ2) is 5.67. The summed E-state index contributed by atoms with van der Waals surface area (Å²) in [5, 5.41) is 14.2. The van der Waals surface area contributed by atoms with E-state index in [1.54, 1.807) is 16.2 Å². The number of nitrogens with zero attached hydrogens (tertiary/aromatic N) is 1. The van der Waals surface area contributed by atoms with Gasteiger partial charge in [-0.25, -0.2) is 4.79 Å². The number of urea groups is 1. The van der Waals surface area contributed by atoms with Gasteiger partial charge < -0.3 is 15.3 Å². The summed E-state index contributed by atoms with van der Waals surface area (Å²) in [7, 11) is 0. The number of thiophene rings is 1. The van der Waals surface area contributed by atoms with Crippen molar-refractivity contribution in [3.8, 4) is 0 Å². The summed E-state index contributed by atoms with van der Waals surface area (Å²) < 4.78 is 0. The van der Waals surface area contributed by atoms with Gasteiger partial charge in [0.25, 0.3) is 0 Å². The van der Waals surface area contributed by atoms with E-state index >= 15 is 0 Å². The maximum atomic E-state index is 12.4. The third kappa shape index (κ3) is 2.52. The van der Waals surface area contributed by atoms with Gasteiger partial charge in [-0.15, -0.1) is 11.3 Å². The van der Waals surface area contributed by atoms with E-state index in [4.69, 9.17) is 0 Å². The van der Waals surface area contributed by atoms with E-state index in [1.807, 2.05) is 5.38 Å². The summed E-state index contributed by atoms with van der Waals surface area (Å²) in [5.41, 5.74) is 1.27. The molecule has 0 aromatic carbocycles. The Morgan fingerprint density at radius 1 is 1.48 bits per heavy atom. The highest BCUT2D eigenvalue weighted by Crippen LogP contribution is 2.41. The average Bonchev–Trinajstić information content (AvgIpc) is 3.17. The fourth-order valence-corrected chi connectivity index (χ4v) is 4.57. The van der Waals surface area contributed by atoms with E-state index in [0.717, 1.165) is 19.3 Å². The first-order valence-electron chi connectivity index (χ1n) is 7.46. The fourth-order valence-electron chi connectivity index (χ4n) is 3.65. The fraction of sp³-hybridized carbons (Fsp3) is 0.600. The number of amides is 2. The van der Waals surface area contributed by atoms with Crippen LogP contribution in [0.2, 0.25) is 0 Å². The molecule has 0 spiro atoms. The topological polar surface area (TPSA) is 69.6 Å². The number of carboxylic acid groups (broad SMARTS) is 1. The van der Waals surface area contributed by atoms with Crippen LogP contribution < -0.4 is 5.32 Å². The van der Waals surface area contributed by atoms with Crippen molar-refractivity contribution >= 4 is 23.3 Å². The molecule has 2 amide bonds. The Kier molecular flexibility index (Phi) is 3.89. The highest BCUT2D eigenvalue weighted by molar-refractivity contribution is 7.10. The van der Waals surface area contributed by atoms with Crippen molar-refractivity contribution in [3.63, 3.8) is 0 Å². The number of carbonyl (C=O) groups is 2. The number of aliphatic carboxylic acids is 1. The molecule has 0 radical (unpaired) electrons. The molecule has 3 heterocycles. The van der Waals surface area contributed by atoms with Gasteiger partial charge in [0.05, 0.1) is 12.5 Å². The first-order chi connectivity index (χ1) is 10.1. The molecule has 2 saturated heterocycles. The number of fused-ring (bicyclic) bond motifs is 2. The number of aryl methyl sites for hydroxylation is 1. The van der Waals surface area contributed by atoms with Crippen LogP contribution in [0.25, 0.3) is 0 Å². The molecule has 1 aromatic heterocycles. The lowest BCUT2D eigenvalue weighted by Crippen LogP contribution is -2.44. The van der Waals surface area contributed by atoms with Crippen molar-refractivity contribution in [2.45, 2.75) is 51.2 Å². The zero-order valence-corrected chi connectivity index (χ0v) is 12.9. The van der Waals surface area contributed by atoms with Crippen LogP contribution in [-0.4, -0.2) is 34.1 Å². The lowest BCUT2D eigenvalue weighted by Gasteiger charge is -2.23. The van der Waals surface area contributed by atoms with E-state index in [9.17, 15) is 14.7 Å². The molecule has 1 aromatic rings. The quantitative estimate of drug-likeness (QED) is 0.897. The SMILES string of the molecule is CCc1ccsc1CNC(=O)N1C2CCC1C(C(=O)O)C2. The number of nitrogens with one attached hydrogen (secondary N) is 1. The van der Waals surface area contributed by atoms with Crippen molar-refractivity contribution < 1.29 is 14.7 Å². The van der Waals surface area contributed by atoms with Crippen LogP contribution in [0, 0.1) is 5.92 Å². The van der Waals surface area contributed by atoms with Gasteiger partial charge in [-0.05, 0) is 42.7 Å². The van der Waals surface area contributed by atoms with Gasteiger partial charge in [-0.2, -0.15) is 0 Å². The monoisotopic (exact) mass is 308 g/mol. The van der Waals surface area contributed by atoms with Gasteiger partial charge in [0, 0.05) is 17.0 Å². The van der Waals surface area contributed by atoms with Crippen LogP contribution in [0.1, 0.15) is 36.6 Å². The van der Waals surface area contributed by atoms with Gasteiger partial charge in [0.1, 0.15) is 0 Å². The van der Waals surface area contributed by atoms with Crippen molar-refractivity contribution in [2.24, 2.45) is 5.92 Å². The van der Waals surface area contributed by atoms with E-state index in [0.29, 0.717) is 13.0 Å². The molecule has 2 N–H and O–H groups in total. The summed E-state index contributed by atoms with van der Waals surface area (Å²) in [5.74, 6) is -1.16. The molecule has 3 unspecified atom stereocenters. The van der Waals surface area contributed by atoms with Gasteiger partial charge in [0.2, 0.25) is 0 Å². The molecule has 2 fully saturated rings. The van der Waals surface area contributed by atoms with E-state index in [2.05, 4.69) is 18.3 Å². The van der Waals surface area contributed by atoms with Crippen LogP contribution in [0.15, 0.2) is 11.4 Å². The van der Waals surface area contributed by atoms with E-state index < -0.39 is 5.97 Å². The third-order valence-electron chi connectivity index (χ3n) is 4.71. The second-order valence-corrected chi connectivity index (χ2v) is 6.77. The number of carbonyl (C=O) groups excluding carboxylic acids is 1. The predicted molar refractivity (Wildman–Crippen MR) is 80.3 cm³/mol. The number of hydrogen-bond acceptors (Lipinski definition) is 3. The van der Waals surface area contributed by atoms with Crippen LogP contribution in [-0.2, 0) is 17.8 Å². The van der Waals surface area contributed by atoms with Gasteiger partial charge >= 0.3 is 12.0 Å². The first kappa shape index (κ1) is 14.4. The number of rotatable bonds is 4. The Bertz CT molecular complexity index is 557. The first-order valence-corrected chi connectivity index (χ1v) is 8.34. The Morgan fingerprint density at radius 3 is 2.95 bits per heavy atom. The van der Waals surface area contributed by atoms with Crippen LogP contribution in [0.3, 0.4) is 0 Å². The van der Waals surface area contributed by atoms with Crippen molar-refractivity contribution in [3.05, 3.63) is 21.9 Å². The minimum Gasteiger partial charge on any atom is -0.481 e. The minimum absolute atomic E-state index is 0.102. The van der Waals surface area contributed by atoms with E-state index in [-0.39, 0.29) is 24.0 Å². The van der Waals surface area contributed by atoms with Crippen LogP contribution >= 0.6 is 11.3 Å². The molecule has 21 heavy (non-hydrogen) atoms. The number of hydrogen-bond donors (Lipinski definition) is 2. The lowest BCUT2D eigenvalue weighted by atomic mass is 9.89. The molecule has 2 aliphatic rings. The van der Waals surface area contributed by atoms with Gasteiger partial charge in [0.15, 0.2) is 0 Å². The predicted octanol–water partition coefficient (Wildman–Crippen LogP) is 2.46. The summed E-state index contributed by atoms with van der Waals surface area (Å²) in [6, 6.07) is 1.96. The zero-order valence-electron chi connectivity index (χ0n) is 12.0. The normalized spacial score (nSPS) is 27.1. The highest BCUT2D eigenvalue weighted by atomic mass is 32.1. The molecule has 0 aliphatic carbocycles. The molecule has 3 atom stereocenters. The molecule has 0 saturated carbocycles. The summed E-state index contributed by atoms with van der Waals surface area (Å²) in [6.07, 6.45) is 3.31. The zero-order chi connectivity index (χ0) is 15.0. The van der Waals surface area contributed by atoms with Crippen molar-refractivity contribution in [1.82, 2.24) is 10.2 Å². The Balaban J connectivity index is 1.63. The van der Waals surface area contributed by atoms with Crippen molar-refractivity contribution in [2.75, 3.05) is 0 Å². The van der Waals surface area contributed by atoms with E-state index in [1.165, 1.54) is 10.4 Å². The second-order valence-electron chi connectivity index (χ2n) is 5.77. The molecular formula is C15H20N2O3S. The Labute approximate surface area is 128 Å². The van der Waals surface area contributed by atoms with Crippen LogP contribution in [0.4, 0.5) is 4.79 Å². The lowest BCUT2D eigenvalue weighted by molar-refractivity contribution is -0.142. The Hall–Kier alpha value is -1.56. The largest absolute Gasteiger partial charge is 0.481 e. The Morgan fingerprint density at radius 2 is 2.29 bits per heavy atom. The number of carboxylic acids is 1. The minimum atomic E-state index is -0.772. The van der Waals surface area contributed by atoms with Crippen LogP contribution in [0.5, 0.6) is 0 Å².